The summed E-state index contributed by atoms with van der Waals surface area (Å²) in [6.07, 6.45) is 4.77. The Bertz CT molecular complexity index is 222. The molecule has 0 amide bonds. The van der Waals surface area contributed by atoms with Gasteiger partial charge in [-0.05, 0) is 19.3 Å². The summed E-state index contributed by atoms with van der Waals surface area (Å²) in [5.74, 6) is -0.747. The van der Waals surface area contributed by atoms with Gasteiger partial charge in [0, 0.05) is 17.7 Å². The Morgan fingerprint density at radius 1 is 1.64 bits per heavy atom. The van der Waals surface area contributed by atoms with Crippen molar-refractivity contribution in [3.63, 3.8) is 0 Å². The zero-order chi connectivity index (χ0) is 7.84. The first kappa shape index (κ1) is 6.85. The Morgan fingerprint density at radius 2 is 2.45 bits per heavy atom. The second-order valence-corrected chi connectivity index (χ2v) is 3.25. The predicted octanol–water partition coefficient (Wildman–Crippen LogP) is 0.522. The summed E-state index contributed by atoms with van der Waals surface area (Å²) in [5.41, 5.74) is 0.594. The van der Waals surface area contributed by atoms with Crippen molar-refractivity contribution in [3.8, 4) is 0 Å². The molecule has 2 aliphatic heterocycles. The van der Waals surface area contributed by atoms with E-state index in [1.807, 2.05) is 6.08 Å². The third kappa shape index (κ3) is 1.16. The van der Waals surface area contributed by atoms with Crippen molar-refractivity contribution in [2.75, 3.05) is 0 Å². The highest BCUT2D eigenvalue weighted by Gasteiger charge is 2.29. The molecule has 0 saturated carbocycles. The van der Waals surface area contributed by atoms with Gasteiger partial charge in [-0.15, -0.1) is 0 Å². The smallest absolute Gasteiger partial charge is 0.331 e. The Balaban J connectivity index is 2.19. The molecule has 3 heteroatoms. The van der Waals surface area contributed by atoms with Gasteiger partial charge in [0.15, 0.2) is 0 Å². The minimum absolute atomic E-state index is 0.333. The van der Waals surface area contributed by atoms with E-state index in [1.54, 1.807) is 0 Å². The summed E-state index contributed by atoms with van der Waals surface area (Å²) < 4.78 is 0. The molecule has 0 aromatic rings. The fraction of sp³-hybridized carbons (Fsp3) is 0.625. The number of carboxylic acids is 1. The third-order valence-electron chi connectivity index (χ3n) is 2.42. The van der Waals surface area contributed by atoms with E-state index in [4.69, 9.17) is 5.11 Å². The van der Waals surface area contributed by atoms with Gasteiger partial charge in [-0.25, -0.2) is 4.79 Å². The molecular formula is C8H11NO2. The molecule has 0 spiro atoms. The number of carbonyl (C=O) groups is 1. The summed E-state index contributed by atoms with van der Waals surface area (Å²) in [6.45, 7) is 0. The van der Waals surface area contributed by atoms with Gasteiger partial charge in [0.2, 0.25) is 0 Å². The van der Waals surface area contributed by atoms with Crippen molar-refractivity contribution < 1.29 is 9.90 Å². The Kier molecular flexibility index (Phi) is 1.46. The number of hydrogen-bond acceptors (Lipinski definition) is 2. The van der Waals surface area contributed by atoms with Crippen LogP contribution in [-0.2, 0) is 4.79 Å². The van der Waals surface area contributed by atoms with Gasteiger partial charge in [-0.3, -0.25) is 0 Å². The van der Waals surface area contributed by atoms with Crippen molar-refractivity contribution in [3.05, 3.63) is 11.6 Å². The number of carboxylic acid groups (broad SMARTS) is 1. The van der Waals surface area contributed by atoms with E-state index in [-0.39, 0.29) is 0 Å². The summed E-state index contributed by atoms with van der Waals surface area (Å²) in [7, 11) is 0. The van der Waals surface area contributed by atoms with Crippen LogP contribution >= 0.6 is 0 Å². The summed E-state index contributed by atoms with van der Waals surface area (Å²) in [5, 5.41) is 12.0. The predicted molar refractivity (Wildman–Crippen MR) is 40.3 cm³/mol. The van der Waals surface area contributed by atoms with Crippen molar-refractivity contribution >= 4 is 5.97 Å². The minimum atomic E-state index is -0.747. The first-order valence-electron chi connectivity index (χ1n) is 3.96. The van der Waals surface area contributed by atoms with E-state index < -0.39 is 5.97 Å². The van der Waals surface area contributed by atoms with Crippen molar-refractivity contribution in [2.45, 2.75) is 31.3 Å². The number of nitrogens with one attached hydrogen (secondary N) is 1. The molecule has 3 nitrogen and oxygen atoms in total. The van der Waals surface area contributed by atoms with E-state index in [0.29, 0.717) is 24.1 Å². The Labute approximate surface area is 65.1 Å². The standard InChI is InChI=1S/C8H11NO2/c10-8(11)5-3-6-1-2-7(4-5)9-6/h3,6-7,9H,1-2,4H2,(H,10,11)/t6-,7+/m0/s1. The van der Waals surface area contributed by atoms with Crippen molar-refractivity contribution in [1.29, 1.82) is 0 Å². The van der Waals surface area contributed by atoms with Gasteiger partial charge in [0.1, 0.15) is 0 Å². The normalized spacial score (nSPS) is 35.1. The van der Waals surface area contributed by atoms with E-state index in [0.717, 1.165) is 12.8 Å². The lowest BCUT2D eigenvalue weighted by molar-refractivity contribution is -0.132. The highest BCUT2D eigenvalue weighted by atomic mass is 16.4. The van der Waals surface area contributed by atoms with Gasteiger partial charge in [-0.2, -0.15) is 0 Å². The van der Waals surface area contributed by atoms with Gasteiger partial charge in [0.05, 0.1) is 0 Å². The fourth-order valence-electron chi connectivity index (χ4n) is 1.88. The van der Waals surface area contributed by atoms with Gasteiger partial charge in [0.25, 0.3) is 0 Å². The SMILES string of the molecule is O=C(O)C1=C[C@@H]2CC[C@H](C1)N2. The molecule has 0 unspecified atom stereocenters. The topological polar surface area (TPSA) is 49.3 Å². The Morgan fingerprint density at radius 3 is 3.09 bits per heavy atom. The molecule has 2 rings (SSSR count). The summed E-state index contributed by atoms with van der Waals surface area (Å²) >= 11 is 0. The molecule has 0 radical (unpaired) electrons. The van der Waals surface area contributed by atoms with Crippen LogP contribution < -0.4 is 5.32 Å². The molecule has 2 bridgehead atoms. The molecule has 1 saturated heterocycles. The first-order valence-corrected chi connectivity index (χ1v) is 3.96. The molecule has 60 valence electrons. The number of rotatable bonds is 1. The zero-order valence-corrected chi connectivity index (χ0v) is 6.21. The van der Waals surface area contributed by atoms with Gasteiger partial charge < -0.3 is 10.4 Å². The van der Waals surface area contributed by atoms with Crippen LogP contribution in [0.3, 0.4) is 0 Å². The molecule has 2 atom stereocenters. The van der Waals surface area contributed by atoms with Crippen LogP contribution in [-0.4, -0.2) is 23.2 Å². The van der Waals surface area contributed by atoms with Crippen molar-refractivity contribution in [2.24, 2.45) is 0 Å². The fourth-order valence-corrected chi connectivity index (χ4v) is 1.88. The number of aliphatic carboxylic acids is 1. The molecule has 1 fully saturated rings. The highest BCUT2D eigenvalue weighted by Crippen LogP contribution is 2.25. The zero-order valence-electron chi connectivity index (χ0n) is 6.21. The number of hydrogen-bond donors (Lipinski definition) is 2. The van der Waals surface area contributed by atoms with E-state index in [9.17, 15) is 4.79 Å². The van der Waals surface area contributed by atoms with Crippen LogP contribution in [0.4, 0.5) is 0 Å². The van der Waals surface area contributed by atoms with Crippen LogP contribution in [0, 0.1) is 0 Å². The molecule has 0 aromatic carbocycles. The summed E-state index contributed by atoms with van der Waals surface area (Å²) in [4.78, 5) is 10.6. The second kappa shape index (κ2) is 2.34. The first-order chi connectivity index (χ1) is 5.25. The molecule has 11 heavy (non-hydrogen) atoms. The quantitative estimate of drug-likeness (QED) is 0.577. The molecular weight excluding hydrogens is 142 g/mol. The maximum absolute atomic E-state index is 10.6. The van der Waals surface area contributed by atoms with Crippen LogP contribution in [0.1, 0.15) is 19.3 Å². The largest absolute Gasteiger partial charge is 0.478 e. The highest BCUT2D eigenvalue weighted by molar-refractivity contribution is 5.87. The molecule has 0 aromatic heterocycles. The van der Waals surface area contributed by atoms with Crippen molar-refractivity contribution in [1.82, 2.24) is 5.32 Å². The average Bonchev–Trinajstić information content (AvgIpc) is 2.30. The molecule has 2 N–H and O–H groups in total. The lowest BCUT2D eigenvalue weighted by atomic mass is 10.0. The Hall–Kier alpha value is -0.830. The monoisotopic (exact) mass is 153 g/mol. The maximum atomic E-state index is 10.6. The lowest BCUT2D eigenvalue weighted by Gasteiger charge is -2.18. The van der Waals surface area contributed by atoms with Gasteiger partial charge >= 0.3 is 5.97 Å². The molecule has 0 aliphatic carbocycles. The lowest BCUT2D eigenvalue weighted by Crippen LogP contribution is -2.33. The number of fused-ring (bicyclic) bond motifs is 2. The second-order valence-electron chi connectivity index (χ2n) is 3.25. The van der Waals surface area contributed by atoms with E-state index in [1.165, 1.54) is 0 Å². The van der Waals surface area contributed by atoms with Crippen LogP contribution in [0.25, 0.3) is 0 Å². The average molecular weight is 153 g/mol. The third-order valence-corrected chi connectivity index (χ3v) is 2.42. The van der Waals surface area contributed by atoms with Crippen LogP contribution in [0.5, 0.6) is 0 Å². The van der Waals surface area contributed by atoms with Crippen LogP contribution in [0.15, 0.2) is 11.6 Å². The minimum Gasteiger partial charge on any atom is -0.478 e. The van der Waals surface area contributed by atoms with Crippen LogP contribution in [0.2, 0.25) is 0 Å². The van der Waals surface area contributed by atoms with E-state index in [2.05, 4.69) is 5.32 Å². The molecule has 2 heterocycles. The van der Waals surface area contributed by atoms with E-state index >= 15 is 0 Å². The maximum Gasteiger partial charge on any atom is 0.331 e. The summed E-state index contributed by atoms with van der Waals surface area (Å²) in [6, 6.07) is 0.760. The van der Waals surface area contributed by atoms with Gasteiger partial charge in [-0.1, -0.05) is 6.08 Å². The molecule has 2 aliphatic rings.